The fourth-order valence-corrected chi connectivity index (χ4v) is 4.32. The lowest BCUT2D eigenvalue weighted by molar-refractivity contribution is 0.581. The van der Waals surface area contributed by atoms with E-state index in [9.17, 15) is 12.8 Å². The Kier molecular flexibility index (Phi) is 5.64. The Labute approximate surface area is 185 Å². The molecule has 0 fully saturated rings. The summed E-state index contributed by atoms with van der Waals surface area (Å²) in [5.41, 5.74) is 1.00. The number of hydrogen-bond donors (Lipinski definition) is 1. The molecular formula is C21H13BrClFN2O3S. The van der Waals surface area contributed by atoms with Crippen LogP contribution in [0.25, 0.3) is 11.5 Å². The van der Waals surface area contributed by atoms with Crippen LogP contribution in [0.1, 0.15) is 0 Å². The Balaban J connectivity index is 1.83. The second-order valence-corrected chi connectivity index (χ2v) is 9.47. The summed E-state index contributed by atoms with van der Waals surface area (Å²) in [7, 11) is -4.00. The summed E-state index contributed by atoms with van der Waals surface area (Å²) in [5.74, 6) is -0.385. The van der Waals surface area contributed by atoms with Crippen molar-refractivity contribution in [2.45, 2.75) is 9.92 Å². The predicted octanol–water partition coefficient (Wildman–Crippen LogP) is 6.47. The smallest absolute Gasteiger partial charge is 0.238 e. The highest BCUT2D eigenvalue weighted by atomic mass is 79.9. The van der Waals surface area contributed by atoms with Crippen molar-refractivity contribution >= 4 is 48.9 Å². The zero-order valence-corrected chi connectivity index (χ0v) is 18.3. The third-order valence-corrected chi connectivity index (χ3v) is 6.63. The van der Waals surface area contributed by atoms with Gasteiger partial charge in [0.2, 0.25) is 26.6 Å². The lowest BCUT2D eigenvalue weighted by atomic mass is 10.2. The van der Waals surface area contributed by atoms with E-state index in [0.717, 1.165) is 4.47 Å². The molecule has 0 saturated carbocycles. The molecule has 0 atom stereocenters. The van der Waals surface area contributed by atoms with Gasteiger partial charge in [-0.25, -0.2) is 12.8 Å². The highest BCUT2D eigenvalue weighted by molar-refractivity contribution is 9.10. The van der Waals surface area contributed by atoms with Crippen LogP contribution in [0.2, 0.25) is 5.02 Å². The van der Waals surface area contributed by atoms with Crippen LogP contribution in [0.5, 0.6) is 0 Å². The fraction of sp³-hybridized carbons (Fsp3) is 0. The van der Waals surface area contributed by atoms with Gasteiger partial charge >= 0.3 is 0 Å². The lowest BCUT2D eigenvalue weighted by Crippen LogP contribution is -2.05. The summed E-state index contributed by atoms with van der Waals surface area (Å²) in [4.78, 5) is 4.31. The molecule has 0 saturated heterocycles. The van der Waals surface area contributed by atoms with Crippen molar-refractivity contribution in [3.8, 4) is 11.5 Å². The van der Waals surface area contributed by atoms with E-state index in [-0.39, 0.29) is 21.7 Å². The molecule has 0 spiro atoms. The molecular weight excluding hydrogens is 495 g/mol. The molecule has 4 aromatic rings. The van der Waals surface area contributed by atoms with Gasteiger partial charge in [-0.2, -0.15) is 4.98 Å². The number of sulfone groups is 1. The molecule has 0 aliphatic carbocycles. The Morgan fingerprint density at radius 1 is 0.933 bits per heavy atom. The molecule has 0 radical (unpaired) electrons. The van der Waals surface area contributed by atoms with E-state index in [1.165, 1.54) is 36.4 Å². The van der Waals surface area contributed by atoms with E-state index in [0.29, 0.717) is 16.3 Å². The molecule has 152 valence electrons. The predicted molar refractivity (Wildman–Crippen MR) is 116 cm³/mol. The first kappa shape index (κ1) is 20.6. The SMILES string of the molecule is O=S(=O)(c1ccc(Br)cc1)c1nc(-c2ccc(Cl)cc2)oc1Nc1ccc(F)cc1. The molecule has 5 nitrogen and oxygen atoms in total. The molecule has 1 heterocycles. The van der Waals surface area contributed by atoms with Crippen molar-refractivity contribution in [3.63, 3.8) is 0 Å². The minimum atomic E-state index is -4.00. The quantitative estimate of drug-likeness (QED) is 0.335. The van der Waals surface area contributed by atoms with Gasteiger partial charge in [0.1, 0.15) is 5.82 Å². The van der Waals surface area contributed by atoms with Gasteiger partial charge in [-0.15, -0.1) is 0 Å². The van der Waals surface area contributed by atoms with E-state index in [2.05, 4.69) is 26.2 Å². The lowest BCUT2D eigenvalue weighted by Gasteiger charge is -2.06. The van der Waals surface area contributed by atoms with Crippen LogP contribution in [-0.2, 0) is 9.84 Å². The van der Waals surface area contributed by atoms with Crippen LogP contribution in [-0.4, -0.2) is 13.4 Å². The zero-order chi connectivity index (χ0) is 21.3. The maximum absolute atomic E-state index is 13.3. The van der Waals surface area contributed by atoms with Gasteiger partial charge in [0.05, 0.1) is 4.90 Å². The fourth-order valence-electron chi connectivity index (χ4n) is 2.67. The van der Waals surface area contributed by atoms with Gasteiger partial charge in [-0.3, -0.25) is 0 Å². The van der Waals surface area contributed by atoms with Crippen LogP contribution in [0.4, 0.5) is 16.0 Å². The largest absolute Gasteiger partial charge is 0.419 e. The molecule has 0 aliphatic rings. The summed E-state index contributed by atoms with van der Waals surface area (Å²) < 4.78 is 46.2. The van der Waals surface area contributed by atoms with Gasteiger partial charge in [-0.1, -0.05) is 27.5 Å². The van der Waals surface area contributed by atoms with Crippen LogP contribution in [0.3, 0.4) is 0 Å². The molecule has 0 bridgehead atoms. The van der Waals surface area contributed by atoms with E-state index in [4.69, 9.17) is 16.0 Å². The maximum atomic E-state index is 13.3. The number of benzene rings is 3. The van der Waals surface area contributed by atoms with E-state index >= 15 is 0 Å². The number of nitrogens with one attached hydrogen (secondary N) is 1. The summed E-state index contributed by atoms with van der Waals surface area (Å²) in [6, 6.07) is 18.3. The number of nitrogens with zero attached hydrogens (tertiary/aromatic N) is 1. The average molecular weight is 508 g/mol. The van der Waals surface area contributed by atoms with Crippen molar-refractivity contribution in [2.75, 3.05) is 5.32 Å². The van der Waals surface area contributed by atoms with Crippen LogP contribution < -0.4 is 5.32 Å². The Morgan fingerprint density at radius 2 is 1.57 bits per heavy atom. The monoisotopic (exact) mass is 506 g/mol. The number of halogens is 3. The Hall–Kier alpha value is -2.68. The normalized spacial score (nSPS) is 11.4. The third kappa shape index (κ3) is 4.26. The second kappa shape index (κ2) is 8.22. The highest BCUT2D eigenvalue weighted by Crippen LogP contribution is 2.34. The number of hydrogen-bond acceptors (Lipinski definition) is 5. The van der Waals surface area contributed by atoms with E-state index in [1.54, 1.807) is 36.4 Å². The minimum Gasteiger partial charge on any atom is -0.419 e. The molecule has 9 heteroatoms. The second-order valence-electron chi connectivity index (χ2n) is 6.25. The van der Waals surface area contributed by atoms with Crippen LogP contribution in [0, 0.1) is 5.82 Å². The van der Waals surface area contributed by atoms with Crippen LogP contribution in [0.15, 0.2) is 91.6 Å². The minimum absolute atomic E-state index is 0.0591. The number of aromatic nitrogens is 1. The van der Waals surface area contributed by atoms with Crippen molar-refractivity contribution in [2.24, 2.45) is 0 Å². The van der Waals surface area contributed by atoms with Gasteiger partial charge < -0.3 is 9.73 Å². The number of rotatable bonds is 5. The average Bonchev–Trinajstić information content (AvgIpc) is 3.15. The maximum Gasteiger partial charge on any atom is 0.238 e. The van der Waals surface area contributed by atoms with E-state index in [1.807, 2.05) is 0 Å². The van der Waals surface area contributed by atoms with Crippen LogP contribution >= 0.6 is 27.5 Å². The summed E-state index contributed by atoms with van der Waals surface area (Å²) >= 11 is 9.22. The molecule has 4 rings (SSSR count). The zero-order valence-electron chi connectivity index (χ0n) is 15.1. The van der Waals surface area contributed by atoms with Crippen molar-refractivity contribution in [3.05, 3.63) is 88.1 Å². The molecule has 1 aromatic heterocycles. The van der Waals surface area contributed by atoms with Gasteiger partial charge in [0.15, 0.2) is 0 Å². The summed E-state index contributed by atoms with van der Waals surface area (Å²) in [6.07, 6.45) is 0. The first-order valence-corrected chi connectivity index (χ1v) is 11.3. The van der Waals surface area contributed by atoms with Crippen molar-refractivity contribution in [1.82, 2.24) is 4.98 Å². The van der Waals surface area contributed by atoms with Gasteiger partial charge in [0.25, 0.3) is 0 Å². The van der Waals surface area contributed by atoms with Gasteiger partial charge in [-0.05, 0) is 72.8 Å². The molecule has 30 heavy (non-hydrogen) atoms. The van der Waals surface area contributed by atoms with Crippen molar-refractivity contribution in [1.29, 1.82) is 0 Å². The van der Waals surface area contributed by atoms with Crippen molar-refractivity contribution < 1.29 is 17.2 Å². The highest BCUT2D eigenvalue weighted by Gasteiger charge is 2.28. The molecule has 1 N–H and O–H groups in total. The summed E-state index contributed by atoms with van der Waals surface area (Å²) in [5, 5.41) is 3.13. The Morgan fingerprint density at radius 3 is 2.20 bits per heavy atom. The Bertz CT molecular complexity index is 1290. The molecule has 0 aliphatic heterocycles. The van der Waals surface area contributed by atoms with E-state index < -0.39 is 15.7 Å². The molecule has 0 amide bonds. The first-order valence-electron chi connectivity index (χ1n) is 8.63. The topological polar surface area (TPSA) is 72.2 Å². The first-order chi connectivity index (χ1) is 14.3. The number of oxazole rings is 1. The molecule has 3 aromatic carbocycles. The number of anilines is 2. The molecule has 0 unspecified atom stereocenters. The summed E-state index contributed by atoms with van der Waals surface area (Å²) in [6.45, 7) is 0. The standard InChI is InChI=1S/C21H13BrClFN2O3S/c22-14-3-11-18(12-4-14)30(27,28)21-20(25-17-9-7-16(24)8-10-17)29-19(26-21)13-1-5-15(23)6-2-13/h1-12,25H. The van der Waals surface area contributed by atoms with Gasteiger partial charge in [0, 0.05) is 20.7 Å². The third-order valence-electron chi connectivity index (χ3n) is 4.17.